The fraction of sp³-hybridized carbons (Fsp3) is 0.542. The van der Waals surface area contributed by atoms with Gasteiger partial charge in [-0.1, -0.05) is 24.3 Å². The Morgan fingerprint density at radius 3 is 2.30 bits per heavy atom. The third-order valence-electron chi connectivity index (χ3n) is 6.79. The minimum atomic E-state index is -0.224. The van der Waals surface area contributed by atoms with Gasteiger partial charge >= 0.3 is 0 Å². The number of nitrogens with one attached hydrogen (secondary N) is 2. The minimum Gasteiger partial charge on any atom is -0.356 e. The largest absolute Gasteiger partial charge is 0.356 e. The zero-order chi connectivity index (χ0) is 22.7. The Labute approximate surface area is 211 Å². The third kappa shape index (κ3) is 5.74. The van der Waals surface area contributed by atoms with Crippen molar-refractivity contribution in [2.75, 3.05) is 40.3 Å². The van der Waals surface area contributed by atoms with Gasteiger partial charge in [-0.15, -0.1) is 24.0 Å². The molecule has 2 N–H and O–H groups in total. The minimum absolute atomic E-state index is 0. The summed E-state index contributed by atoms with van der Waals surface area (Å²) in [6.45, 7) is 3.33. The Balaban J connectivity index is 0.00000306. The number of likely N-dealkylation sites (N-methyl/N-ethyl adjacent to an activating group) is 1. The molecule has 0 radical (unpaired) electrons. The van der Waals surface area contributed by atoms with Crippen molar-refractivity contribution in [2.45, 2.75) is 19.4 Å². The van der Waals surface area contributed by atoms with Gasteiger partial charge in [0.1, 0.15) is 5.82 Å². The number of nitrogens with zero attached hydrogens (tertiary/aromatic N) is 3. The number of allylic oxidation sites excluding steroid dienone is 2. The lowest BCUT2D eigenvalue weighted by molar-refractivity contribution is -0.140. The summed E-state index contributed by atoms with van der Waals surface area (Å²) >= 11 is 0. The molecular formula is C24H33FIN5O2. The Bertz CT molecular complexity index is 877. The first-order valence-corrected chi connectivity index (χ1v) is 11.4. The number of likely N-dealkylation sites (tertiary alicyclic amines) is 1. The molecule has 4 unspecified atom stereocenters. The lowest BCUT2D eigenvalue weighted by atomic mass is 9.85. The van der Waals surface area contributed by atoms with Crippen LogP contribution < -0.4 is 10.6 Å². The second-order valence-electron chi connectivity index (χ2n) is 8.97. The molecule has 1 saturated carbocycles. The van der Waals surface area contributed by atoms with E-state index in [-0.39, 0.29) is 65.3 Å². The van der Waals surface area contributed by atoms with Gasteiger partial charge in [-0.2, -0.15) is 0 Å². The van der Waals surface area contributed by atoms with Gasteiger partial charge < -0.3 is 15.5 Å². The summed E-state index contributed by atoms with van der Waals surface area (Å²) in [6, 6.07) is 6.54. The van der Waals surface area contributed by atoms with Crippen LogP contribution in [0.5, 0.6) is 0 Å². The molecule has 0 spiro atoms. The molecule has 2 fully saturated rings. The van der Waals surface area contributed by atoms with E-state index in [9.17, 15) is 14.0 Å². The summed E-state index contributed by atoms with van der Waals surface area (Å²) in [5.41, 5.74) is 1.07. The quantitative estimate of drug-likeness (QED) is 0.119. The summed E-state index contributed by atoms with van der Waals surface area (Å²) in [5, 5.41) is 6.53. The van der Waals surface area contributed by atoms with E-state index < -0.39 is 0 Å². The fourth-order valence-electron chi connectivity index (χ4n) is 5.19. The molecule has 2 bridgehead atoms. The highest BCUT2D eigenvalue weighted by Crippen LogP contribution is 2.52. The van der Waals surface area contributed by atoms with Crippen molar-refractivity contribution in [1.82, 2.24) is 20.4 Å². The summed E-state index contributed by atoms with van der Waals surface area (Å²) < 4.78 is 13.0. The maximum absolute atomic E-state index is 13.0. The average molecular weight is 569 g/mol. The molecule has 33 heavy (non-hydrogen) atoms. The van der Waals surface area contributed by atoms with E-state index in [1.807, 2.05) is 7.05 Å². The molecular weight excluding hydrogens is 536 g/mol. The molecule has 1 aromatic carbocycles. The third-order valence-corrected chi connectivity index (χ3v) is 6.79. The number of carbonyl (C=O) groups is 2. The van der Waals surface area contributed by atoms with Gasteiger partial charge in [0.25, 0.3) is 0 Å². The first-order valence-electron chi connectivity index (χ1n) is 11.4. The first kappa shape index (κ1) is 25.6. The number of imide groups is 1. The van der Waals surface area contributed by atoms with Gasteiger partial charge in [-0.05, 0) is 49.4 Å². The highest BCUT2D eigenvalue weighted by Gasteiger charge is 2.58. The molecule has 2 aliphatic carbocycles. The van der Waals surface area contributed by atoms with Crippen LogP contribution in [-0.2, 0) is 16.1 Å². The maximum Gasteiger partial charge on any atom is 0.233 e. The van der Waals surface area contributed by atoms with Crippen LogP contribution in [0, 0.1) is 29.5 Å². The van der Waals surface area contributed by atoms with Crippen molar-refractivity contribution >= 4 is 41.8 Å². The smallest absolute Gasteiger partial charge is 0.233 e. The number of hydrogen-bond acceptors (Lipinski definition) is 4. The van der Waals surface area contributed by atoms with E-state index in [4.69, 9.17) is 0 Å². The molecule has 9 heteroatoms. The van der Waals surface area contributed by atoms with Gasteiger partial charge in [0, 0.05) is 39.8 Å². The molecule has 2 amide bonds. The van der Waals surface area contributed by atoms with E-state index in [0.717, 1.165) is 25.1 Å². The average Bonchev–Trinajstić information content (AvgIpc) is 3.46. The monoisotopic (exact) mass is 569 g/mol. The van der Waals surface area contributed by atoms with Crippen LogP contribution in [0.15, 0.2) is 41.4 Å². The number of aliphatic imine (C=N–C) groups is 1. The highest BCUT2D eigenvalue weighted by molar-refractivity contribution is 14.0. The van der Waals surface area contributed by atoms with Crippen molar-refractivity contribution in [2.24, 2.45) is 28.7 Å². The van der Waals surface area contributed by atoms with Crippen molar-refractivity contribution in [3.63, 3.8) is 0 Å². The van der Waals surface area contributed by atoms with Crippen molar-refractivity contribution in [3.05, 3.63) is 47.8 Å². The molecule has 1 aromatic rings. The highest BCUT2D eigenvalue weighted by atomic mass is 127. The second-order valence-corrected chi connectivity index (χ2v) is 8.97. The number of amides is 2. The van der Waals surface area contributed by atoms with Crippen LogP contribution >= 0.6 is 24.0 Å². The summed E-state index contributed by atoms with van der Waals surface area (Å²) in [7, 11) is 3.73. The molecule has 1 saturated heterocycles. The fourth-order valence-corrected chi connectivity index (χ4v) is 5.19. The SMILES string of the molecule is CN=C(NCCCN1C(=O)C2C3C=CC(C3)C2C1=O)NCCN(C)Cc1ccc(F)cc1.I. The number of benzene rings is 1. The maximum atomic E-state index is 13.0. The van der Waals surface area contributed by atoms with Gasteiger partial charge in [-0.3, -0.25) is 19.5 Å². The molecule has 7 nitrogen and oxygen atoms in total. The normalized spacial score (nSPS) is 25.6. The topological polar surface area (TPSA) is 77.0 Å². The van der Waals surface area contributed by atoms with E-state index in [2.05, 4.69) is 32.7 Å². The number of carbonyl (C=O) groups excluding carboxylic acids is 2. The number of hydrogen-bond donors (Lipinski definition) is 2. The van der Waals surface area contributed by atoms with E-state index in [0.29, 0.717) is 32.0 Å². The van der Waals surface area contributed by atoms with Crippen molar-refractivity contribution in [3.8, 4) is 0 Å². The van der Waals surface area contributed by atoms with Gasteiger partial charge in [0.2, 0.25) is 11.8 Å². The number of fused-ring (bicyclic) bond motifs is 5. The molecule has 4 atom stereocenters. The standard InChI is InChI=1S/C24H32FN5O2.HI/c1-26-24(28-11-13-29(2)15-16-4-8-19(25)9-5-16)27-10-3-12-30-22(31)20-17-6-7-18(14-17)21(20)23(30)32;/h4-9,17-18,20-21H,3,10-15H2,1-2H3,(H2,26,27,28);1H. The van der Waals surface area contributed by atoms with E-state index in [1.54, 1.807) is 19.2 Å². The van der Waals surface area contributed by atoms with Gasteiger partial charge in [0.05, 0.1) is 11.8 Å². The predicted molar refractivity (Wildman–Crippen MR) is 137 cm³/mol. The number of halogens is 2. The molecule has 4 rings (SSSR count). The molecule has 1 heterocycles. The van der Waals surface area contributed by atoms with Crippen LogP contribution in [0.25, 0.3) is 0 Å². The molecule has 0 aromatic heterocycles. The number of guanidine groups is 1. The molecule has 3 aliphatic rings. The van der Waals surface area contributed by atoms with E-state index >= 15 is 0 Å². The van der Waals surface area contributed by atoms with Crippen molar-refractivity contribution < 1.29 is 14.0 Å². The van der Waals surface area contributed by atoms with Crippen LogP contribution in [0.4, 0.5) is 4.39 Å². The Morgan fingerprint density at radius 1 is 1.09 bits per heavy atom. The molecule has 180 valence electrons. The second kappa shape index (κ2) is 11.4. The first-order chi connectivity index (χ1) is 15.5. The van der Waals surface area contributed by atoms with Crippen LogP contribution in [0.1, 0.15) is 18.4 Å². The summed E-state index contributed by atoms with van der Waals surface area (Å²) in [6.07, 6.45) is 5.89. The van der Waals surface area contributed by atoms with E-state index in [1.165, 1.54) is 17.0 Å². The predicted octanol–water partition coefficient (Wildman–Crippen LogP) is 2.24. The lowest BCUT2D eigenvalue weighted by Crippen LogP contribution is -2.42. The zero-order valence-electron chi connectivity index (χ0n) is 19.2. The van der Waals surface area contributed by atoms with Crippen molar-refractivity contribution in [1.29, 1.82) is 0 Å². The Hall–Kier alpha value is -2.01. The lowest BCUT2D eigenvalue weighted by Gasteiger charge is -2.19. The summed E-state index contributed by atoms with van der Waals surface area (Å²) in [5.74, 6) is 0.782. The zero-order valence-corrected chi connectivity index (χ0v) is 21.5. The Kier molecular flexibility index (Phi) is 8.86. The van der Waals surface area contributed by atoms with Gasteiger partial charge in [-0.25, -0.2) is 4.39 Å². The van der Waals surface area contributed by atoms with Gasteiger partial charge in [0.15, 0.2) is 5.96 Å². The van der Waals surface area contributed by atoms with Crippen LogP contribution in [0.3, 0.4) is 0 Å². The Morgan fingerprint density at radius 2 is 1.70 bits per heavy atom. The van der Waals surface area contributed by atoms with Crippen LogP contribution in [0.2, 0.25) is 0 Å². The number of rotatable bonds is 9. The molecule has 1 aliphatic heterocycles. The summed E-state index contributed by atoms with van der Waals surface area (Å²) in [4.78, 5) is 33.3. The van der Waals surface area contributed by atoms with Crippen LogP contribution in [-0.4, -0.2) is 67.8 Å².